The third-order valence-corrected chi connectivity index (χ3v) is 2.15. The van der Waals surface area contributed by atoms with Gasteiger partial charge in [-0.3, -0.25) is 14.2 Å². The van der Waals surface area contributed by atoms with Gasteiger partial charge in [-0.05, 0) is 6.92 Å². The molecule has 102 valence electrons. The van der Waals surface area contributed by atoms with Crippen LogP contribution in [0.1, 0.15) is 26.7 Å². The molecule has 1 aliphatic heterocycles. The molecule has 1 rings (SSSR count). The van der Waals surface area contributed by atoms with Crippen molar-refractivity contribution in [1.82, 2.24) is 0 Å². The standard InChI is InChI=1S/C8H10F6O3/c1-3-4-6(9)5(2,15-7(10,11)12)16-8(13,14)17-6/h3-4H2,1-2H3. The van der Waals surface area contributed by atoms with Crippen LogP contribution in [0.25, 0.3) is 0 Å². The maximum atomic E-state index is 13.9. The van der Waals surface area contributed by atoms with E-state index < -0.39 is 30.7 Å². The Morgan fingerprint density at radius 1 is 1.12 bits per heavy atom. The molecule has 0 aromatic rings. The van der Waals surface area contributed by atoms with E-state index in [-0.39, 0.29) is 6.42 Å². The SMILES string of the molecule is CCCC1(F)OC(F)(F)OC1(C)OC(F)(F)F. The summed E-state index contributed by atoms with van der Waals surface area (Å²) < 4.78 is 85.9. The molecule has 0 aromatic carbocycles. The zero-order valence-corrected chi connectivity index (χ0v) is 8.91. The third kappa shape index (κ3) is 3.02. The summed E-state index contributed by atoms with van der Waals surface area (Å²) in [6.45, 7) is 1.80. The molecule has 2 atom stereocenters. The van der Waals surface area contributed by atoms with Gasteiger partial charge in [0, 0.05) is 6.42 Å². The van der Waals surface area contributed by atoms with Crippen LogP contribution in [0.4, 0.5) is 26.3 Å². The van der Waals surface area contributed by atoms with Gasteiger partial charge in [-0.2, -0.15) is 0 Å². The van der Waals surface area contributed by atoms with Gasteiger partial charge < -0.3 is 0 Å². The van der Waals surface area contributed by atoms with Crippen LogP contribution in [-0.4, -0.2) is 24.3 Å². The second kappa shape index (κ2) is 3.99. The normalized spacial score (nSPS) is 37.4. The number of halogens is 6. The van der Waals surface area contributed by atoms with E-state index in [0.29, 0.717) is 6.92 Å². The predicted octanol–water partition coefficient (Wildman–Crippen LogP) is 3.30. The van der Waals surface area contributed by atoms with Crippen LogP contribution in [0.15, 0.2) is 0 Å². The van der Waals surface area contributed by atoms with E-state index >= 15 is 0 Å². The highest BCUT2D eigenvalue weighted by atomic mass is 19.4. The highest BCUT2D eigenvalue weighted by molar-refractivity contribution is 4.90. The average molecular weight is 268 g/mol. The van der Waals surface area contributed by atoms with Crippen molar-refractivity contribution >= 4 is 0 Å². The summed E-state index contributed by atoms with van der Waals surface area (Å²) in [6.07, 6.45) is -10.6. The number of hydrogen-bond donors (Lipinski definition) is 0. The van der Waals surface area contributed by atoms with Crippen LogP contribution >= 0.6 is 0 Å². The van der Waals surface area contributed by atoms with Crippen molar-refractivity contribution in [3.05, 3.63) is 0 Å². The van der Waals surface area contributed by atoms with Gasteiger partial charge in [0.2, 0.25) is 5.79 Å². The molecule has 17 heavy (non-hydrogen) atoms. The van der Waals surface area contributed by atoms with Crippen molar-refractivity contribution in [2.45, 2.75) is 51.0 Å². The summed E-state index contributed by atoms with van der Waals surface area (Å²) in [6, 6.07) is 0. The molecule has 1 saturated heterocycles. The molecule has 0 amide bonds. The molecular weight excluding hydrogens is 258 g/mol. The quantitative estimate of drug-likeness (QED) is 0.735. The second-order valence-electron chi connectivity index (χ2n) is 3.64. The van der Waals surface area contributed by atoms with Crippen molar-refractivity contribution in [2.24, 2.45) is 0 Å². The minimum absolute atomic E-state index is 0.0350. The first-order chi connectivity index (χ1) is 7.43. The van der Waals surface area contributed by atoms with E-state index in [1.54, 1.807) is 0 Å². The van der Waals surface area contributed by atoms with Crippen LogP contribution < -0.4 is 0 Å². The number of alkyl halides is 6. The van der Waals surface area contributed by atoms with Gasteiger partial charge in [0.15, 0.2) is 0 Å². The summed E-state index contributed by atoms with van der Waals surface area (Å²) in [4.78, 5) is 0. The van der Waals surface area contributed by atoms with Gasteiger partial charge >= 0.3 is 12.7 Å². The third-order valence-electron chi connectivity index (χ3n) is 2.15. The van der Waals surface area contributed by atoms with E-state index in [1.165, 1.54) is 6.92 Å². The fourth-order valence-electron chi connectivity index (χ4n) is 1.52. The summed E-state index contributed by atoms with van der Waals surface area (Å²) in [5.74, 6) is -6.62. The van der Waals surface area contributed by atoms with Gasteiger partial charge in [-0.1, -0.05) is 13.3 Å². The molecule has 0 saturated carbocycles. The van der Waals surface area contributed by atoms with Crippen molar-refractivity contribution in [3.8, 4) is 0 Å². The van der Waals surface area contributed by atoms with Crippen molar-refractivity contribution < 1.29 is 40.6 Å². The van der Waals surface area contributed by atoms with E-state index in [2.05, 4.69) is 14.2 Å². The van der Waals surface area contributed by atoms with Crippen LogP contribution in [0.5, 0.6) is 0 Å². The molecule has 2 unspecified atom stereocenters. The molecule has 9 heteroatoms. The Bertz CT molecular complexity index is 293. The van der Waals surface area contributed by atoms with E-state index in [0.717, 1.165) is 0 Å². The molecule has 0 aliphatic carbocycles. The fraction of sp³-hybridized carbons (Fsp3) is 1.00. The molecule has 3 nitrogen and oxygen atoms in total. The lowest BCUT2D eigenvalue weighted by Crippen LogP contribution is -2.51. The number of rotatable bonds is 3. The number of hydrogen-bond acceptors (Lipinski definition) is 3. The maximum absolute atomic E-state index is 13.9. The second-order valence-corrected chi connectivity index (χ2v) is 3.64. The molecule has 0 bridgehead atoms. The highest BCUT2D eigenvalue weighted by Crippen LogP contribution is 2.51. The minimum atomic E-state index is -5.33. The molecule has 1 aliphatic rings. The zero-order valence-electron chi connectivity index (χ0n) is 8.91. The summed E-state index contributed by atoms with van der Waals surface area (Å²) >= 11 is 0. The Labute approximate surface area is 92.6 Å². The molecule has 0 aromatic heterocycles. The number of ether oxygens (including phenoxy) is 3. The highest BCUT2D eigenvalue weighted by Gasteiger charge is 2.70. The maximum Gasteiger partial charge on any atom is 0.525 e. The van der Waals surface area contributed by atoms with Crippen LogP contribution in [0, 0.1) is 0 Å². The fourth-order valence-corrected chi connectivity index (χ4v) is 1.52. The predicted molar refractivity (Wildman–Crippen MR) is 41.4 cm³/mol. The van der Waals surface area contributed by atoms with Gasteiger partial charge in [-0.25, -0.2) is 4.39 Å². The Morgan fingerprint density at radius 2 is 1.65 bits per heavy atom. The lowest BCUT2D eigenvalue weighted by Gasteiger charge is -2.32. The topological polar surface area (TPSA) is 27.7 Å². The van der Waals surface area contributed by atoms with Crippen molar-refractivity contribution in [1.29, 1.82) is 0 Å². The van der Waals surface area contributed by atoms with Crippen LogP contribution in [0.3, 0.4) is 0 Å². The molecule has 0 N–H and O–H groups in total. The van der Waals surface area contributed by atoms with Crippen LogP contribution in [-0.2, 0) is 14.2 Å². The summed E-state index contributed by atoms with van der Waals surface area (Å²) in [5, 5.41) is 0. The van der Waals surface area contributed by atoms with E-state index in [1.807, 2.05) is 0 Å². The Kier molecular flexibility index (Phi) is 3.41. The van der Waals surface area contributed by atoms with E-state index in [9.17, 15) is 26.3 Å². The van der Waals surface area contributed by atoms with Crippen molar-refractivity contribution in [3.63, 3.8) is 0 Å². The average Bonchev–Trinajstić information content (AvgIpc) is 2.12. The largest absolute Gasteiger partial charge is 0.525 e. The Balaban J connectivity index is 3.01. The molecule has 0 spiro atoms. The van der Waals surface area contributed by atoms with Gasteiger partial charge in [-0.15, -0.1) is 22.0 Å². The lowest BCUT2D eigenvalue weighted by molar-refractivity contribution is -0.445. The smallest absolute Gasteiger partial charge is 0.257 e. The van der Waals surface area contributed by atoms with Crippen molar-refractivity contribution in [2.75, 3.05) is 0 Å². The zero-order chi connectivity index (χ0) is 13.5. The Morgan fingerprint density at radius 3 is 2.06 bits per heavy atom. The first-order valence-electron chi connectivity index (χ1n) is 4.67. The molecular formula is C8H10F6O3. The van der Waals surface area contributed by atoms with Gasteiger partial charge in [0.1, 0.15) is 0 Å². The van der Waals surface area contributed by atoms with Gasteiger partial charge in [0.05, 0.1) is 0 Å². The van der Waals surface area contributed by atoms with Crippen LogP contribution in [0.2, 0.25) is 0 Å². The monoisotopic (exact) mass is 268 g/mol. The molecule has 1 fully saturated rings. The van der Waals surface area contributed by atoms with E-state index in [4.69, 9.17) is 0 Å². The minimum Gasteiger partial charge on any atom is -0.257 e. The lowest BCUT2D eigenvalue weighted by atomic mass is 10.0. The van der Waals surface area contributed by atoms with Gasteiger partial charge in [0.25, 0.3) is 5.85 Å². The first-order valence-corrected chi connectivity index (χ1v) is 4.67. The Hall–Kier alpha value is -0.540. The molecule has 0 radical (unpaired) electrons. The summed E-state index contributed by atoms with van der Waals surface area (Å²) in [5.41, 5.74) is 0. The molecule has 1 heterocycles. The summed E-state index contributed by atoms with van der Waals surface area (Å²) in [7, 11) is 0. The first kappa shape index (κ1) is 14.5.